The largest absolute Gasteiger partial charge is 0.492 e. The maximum Gasteiger partial charge on any atom is 0.138 e. The molecule has 1 heterocycles. The lowest BCUT2D eigenvalue weighted by Gasteiger charge is -2.07. The van der Waals surface area contributed by atoms with Crippen LogP contribution >= 0.6 is 0 Å². The van der Waals surface area contributed by atoms with Gasteiger partial charge in [0.25, 0.3) is 0 Å². The van der Waals surface area contributed by atoms with E-state index in [1.54, 1.807) is 6.20 Å². The Morgan fingerprint density at radius 3 is 2.55 bits per heavy atom. The lowest BCUT2D eigenvalue weighted by Crippen LogP contribution is -2.13. The monoisotopic (exact) mass is 270 g/mol. The van der Waals surface area contributed by atoms with E-state index in [0.29, 0.717) is 6.61 Å². The molecule has 106 valence electrons. The standard InChI is InChI=1S/C17H22N2O/c1-3-9-18-11-14-5-7-15(8-6-14)16-10-17(20-4-2)13-19-12-16/h5-8,10,12-13,18H,3-4,9,11H2,1-2H3. The van der Waals surface area contributed by atoms with Crippen LogP contribution in [0, 0.1) is 0 Å². The van der Waals surface area contributed by atoms with Crippen molar-refractivity contribution in [3.63, 3.8) is 0 Å². The molecule has 3 heteroatoms. The number of aromatic nitrogens is 1. The van der Waals surface area contributed by atoms with E-state index in [0.717, 1.165) is 30.8 Å². The number of rotatable bonds is 7. The average molecular weight is 270 g/mol. The van der Waals surface area contributed by atoms with Crippen molar-refractivity contribution in [3.05, 3.63) is 48.3 Å². The minimum atomic E-state index is 0.660. The first-order valence-corrected chi connectivity index (χ1v) is 7.21. The van der Waals surface area contributed by atoms with Crippen molar-refractivity contribution >= 4 is 0 Å². The maximum atomic E-state index is 5.48. The topological polar surface area (TPSA) is 34.2 Å². The van der Waals surface area contributed by atoms with Crippen molar-refractivity contribution in [2.24, 2.45) is 0 Å². The van der Waals surface area contributed by atoms with Crippen molar-refractivity contribution < 1.29 is 4.74 Å². The van der Waals surface area contributed by atoms with E-state index in [1.165, 1.54) is 11.1 Å². The maximum absolute atomic E-state index is 5.48. The third kappa shape index (κ3) is 4.07. The fraction of sp³-hybridized carbons (Fsp3) is 0.353. The van der Waals surface area contributed by atoms with Crippen LogP contribution < -0.4 is 10.1 Å². The van der Waals surface area contributed by atoms with Gasteiger partial charge in [0.2, 0.25) is 0 Å². The molecule has 0 unspecified atom stereocenters. The number of nitrogens with one attached hydrogen (secondary N) is 1. The number of ether oxygens (including phenoxy) is 1. The van der Waals surface area contributed by atoms with Crippen molar-refractivity contribution in [1.82, 2.24) is 10.3 Å². The molecule has 0 spiro atoms. The number of nitrogens with zero attached hydrogens (tertiary/aromatic N) is 1. The van der Waals surface area contributed by atoms with Gasteiger partial charge in [-0.05, 0) is 37.1 Å². The molecule has 0 aliphatic rings. The molecular formula is C17H22N2O. The van der Waals surface area contributed by atoms with Crippen LogP contribution in [0.4, 0.5) is 0 Å². The van der Waals surface area contributed by atoms with Gasteiger partial charge in [-0.25, -0.2) is 0 Å². The molecule has 2 aromatic rings. The molecule has 0 saturated carbocycles. The van der Waals surface area contributed by atoms with Gasteiger partial charge in [0.05, 0.1) is 12.8 Å². The Hall–Kier alpha value is -1.87. The number of benzene rings is 1. The lowest BCUT2D eigenvalue weighted by atomic mass is 10.1. The van der Waals surface area contributed by atoms with E-state index < -0.39 is 0 Å². The summed E-state index contributed by atoms with van der Waals surface area (Å²) in [6, 6.07) is 10.6. The summed E-state index contributed by atoms with van der Waals surface area (Å²) in [5.74, 6) is 0.818. The van der Waals surface area contributed by atoms with Crippen LogP contribution in [0.25, 0.3) is 11.1 Å². The van der Waals surface area contributed by atoms with E-state index >= 15 is 0 Å². The molecule has 1 aromatic carbocycles. The minimum absolute atomic E-state index is 0.660. The lowest BCUT2D eigenvalue weighted by molar-refractivity contribution is 0.339. The first-order valence-electron chi connectivity index (χ1n) is 7.21. The SMILES string of the molecule is CCCNCc1ccc(-c2cncc(OCC)c2)cc1. The number of hydrogen-bond donors (Lipinski definition) is 1. The van der Waals surface area contributed by atoms with Crippen molar-refractivity contribution in [2.75, 3.05) is 13.2 Å². The van der Waals surface area contributed by atoms with Crippen LogP contribution in [0.5, 0.6) is 5.75 Å². The molecule has 0 fully saturated rings. The quantitative estimate of drug-likeness (QED) is 0.780. The number of pyridine rings is 1. The van der Waals surface area contributed by atoms with Gasteiger partial charge < -0.3 is 10.1 Å². The van der Waals surface area contributed by atoms with Crippen molar-refractivity contribution in [2.45, 2.75) is 26.8 Å². The Morgan fingerprint density at radius 2 is 1.85 bits per heavy atom. The molecule has 1 N–H and O–H groups in total. The van der Waals surface area contributed by atoms with E-state index in [1.807, 2.05) is 19.2 Å². The average Bonchev–Trinajstić information content (AvgIpc) is 2.49. The summed E-state index contributed by atoms with van der Waals surface area (Å²) in [7, 11) is 0. The van der Waals surface area contributed by atoms with Gasteiger partial charge in [0.1, 0.15) is 5.75 Å². The third-order valence-electron chi connectivity index (χ3n) is 3.07. The summed E-state index contributed by atoms with van der Waals surface area (Å²) >= 11 is 0. The van der Waals surface area contributed by atoms with Gasteiger partial charge in [-0.1, -0.05) is 31.2 Å². The zero-order chi connectivity index (χ0) is 14.2. The van der Waals surface area contributed by atoms with Crippen LogP contribution in [0.1, 0.15) is 25.8 Å². The first kappa shape index (κ1) is 14.5. The highest BCUT2D eigenvalue weighted by Crippen LogP contribution is 2.23. The Morgan fingerprint density at radius 1 is 1.05 bits per heavy atom. The van der Waals surface area contributed by atoms with E-state index in [2.05, 4.69) is 41.5 Å². The highest BCUT2D eigenvalue weighted by Gasteiger charge is 2.01. The second-order valence-corrected chi connectivity index (χ2v) is 4.72. The molecule has 0 aliphatic heterocycles. The van der Waals surface area contributed by atoms with Gasteiger partial charge in [-0.2, -0.15) is 0 Å². The Bertz CT molecular complexity index is 523. The molecule has 0 amide bonds. The van der Waals surface area contributed by atoms with E-state index in [9.17, 15) is 0 Å². The second kappa shape index (κ2) is 7.65. The molecule has 0 aliphatic carbocycles. The molecule has 20 heavy (non-hydrogen) atoms. The van der Waals surface area contributed by atoms with Crippen molar-refractivity contribution in [3.8, 4) is 16.9 Å². The summed E-state index contributed by atoms with van der Waals surface area (Å²) in [6.07, 6.45) is 4.77. The molecule has 0 saturated heterocycles. The van der Waals surface area contributed by atoms with Crippen LogP contribution in [-0.2, 0) is 6.54 Å². The predicted molar refractivity (Wildman–Crippen MR) is 82.8 cm³/mol. The fourth-order valence-corrected chi connectivity index (χ4v) is 2.05. The smallest absolute Gasteiger partial charge is 0.138 e. The molecule has 1 aromatic heterocycles. The highest BCUT2D eigenvalue weighted by atomic mass is 16.5. The zero-order valence-corrected chi connectivity index (χ0v) is 12.2. The van der Waals surface area contributed by atoms with E-state index in [-0.39, 0.29) is 0 Å². The van der Waals surface area contributed by atoms with Crippen LogP contribution in [-0.4, -0.2) is 18.1 Å². The summed E-state index contributed by atoms with van der Waals surface area (Å²) in [4.78, 5) is 4.23. The molecular weight excluding hydrogens is 248 g/mol. The van der Waals surface area contributed by atoms with Gasteiger partial charge in [-0.3, -0.25) is 4.98 Å². The number of hydrogen-bond acceptors (Lipinski definition) is 3. The summed E-state index contributed by atoms with van der Waals surface area (Å²) in [6.45, 7) is 6.79. The summed E-state index contributed by atoms with van der Waals surface area (Å²) in [5, 5.41) is 3.40. The Labute approximate surface area is 121 Å². The van der Waals surface area contributed by atoms with Crippen LogP contribution in [0.2, 0.25) is 0 Å². The molecule has 0 atom stereocenters. The van der Waals surface area contributed by atoms with Crippen LogP contribution in [0.15, 0.2) is 42.7 Å². The fourth-order valence-electron chi connectivity index (χ4n) is 2.05. The van der Waals surface area contributed by atoms with Crippen LogP contribution in [0.3, 0.4) is 0 Å². The predicted octanol–water partition coefficient (Wildman–Crippen LogP) is 3.65. The van der Waals surface area contributed by atoms with Gasteiger partial charge in [0, 0.05) is 18.3 Å². The van der Waals surface area contributed by atoms with Gasteiger partial charge in [-0.15, -0.1) is 0 Å². The first-order chi connectivity index (χ1) is 9.83. The van der Waals surface area contributed by atoms with Gasteiger partial charge >= 0.3 is 0 Å². The zero-order valence-electron chi connectivity index (χ0n) is 12.2. The normalized spacial score (nSPS) is 10.5. The molecule has 3 nitrogen and oxygen atoms in total. The molecule has 0 bridgehead atoms. The second-order valence-electron chi connectivity index (χ2n) is 4.72. The highest BCUT2D eigenvalue weighted by molar-refractivity contribution is 5.64. The van der Waals surface area contributed by atoms with Gasteiger partial charge in [0.15, 0.2) is 0 Å². The molecule has 0 radical (unpaired) electrons. The van der Waals surface area contributed by atoms with Crippen molar-refractivity contribution in [1.29, 1.82) is 0 Å². The van der Waals surface area contributed by atoms with E-state index in [4.69, 9.17) is 4.74 Å². The Kier molecular flexibility index (Phi) is 5.56. The summed E-state index contributed by atoms with van der Waals surface area (Å²) in [5.41, 5.74) is 3.55. The molecule has 2 rings (SSSR count). The Balaban J connectivity index is 2.07. The minimum Gasteiger partial charge on any atom is -0.492 e. The third-order valence-corrected chi connectivity index (χ3v) is 3.07. The summed E-state index contributed by atoms with van der Waals surface area (Å²) < 4.78 is 5.48.